The van der Waals surface area contributed by atoms with E-state index < -0.39 is 49.3 Å². The Morgan fingerprint density at radius 3 is 2.00 bits per heavy atom. The van der Waals surface area contributed by atoms with E-state index in [1.165, 1.54) is 6.92 Å². The molecular weight excluding hydrogens is 250 g/mol. The third-order valence-electron chi connectivity index (χ3n) is 2.18. The summed E-state index contributed by atoms with van der Waals surface area (Å²) in [6.07, 6.45) is -9.86. The van der Waals surface area contributed by atoms with Crippen LogP contribution in [0.3, 0.4) is 0 Å². The lowest BCUT2D eigenvalue weighted by molar-refractivity contribution is -0.214. The van der Waals surface area contributed by atoms with E-state index in [9.17, 15) is 25.2 Å². The lowest BCUT2D eigenvalue weighted by atomic mass is 10.0. The fourth-order valence-electron chi connectivity index (χ4n) is 1.00. The molecule has 0 aromatic heterocycles. The molecule has 0 spiro atoms. The molecule has 8 N–H and O–H groups in total. The van der Waals surface area contributed by atoms with Crippen LogP contribution in [0.5, 0.6) is 0 Å². The Kier molecular flexibility index (Phi) is 7.25. The van der Waals surface area contributed by atoms with Gasteiger partial charge in [-0.25, -0.2) is 0 Å². The number of aliphatic hydroxyl groups is 6. The van der Waals surface area contributed by atoms with Crippen molar-refractivity contribution in [2.75, 3.05) is 6.61 Å². The molecule has 1 unspecified atom stereocenters. The number of hydrogen-bond acceptors (Lipinski definition) is 9. The molecule has 0 amide bonds. The van der Waals surface area contributed by atoms with Gasteiger partial charge in [0.15, 0.2) is 0 Å². The van der Waals surface area contributed by atoms with Gasteiger partial charge in [-0.1, -0.05) is 0 Å². The fraction of sp³-hybridized carbons (Fsp3) is 0.889. The van der Waals surface area contributed by atoms with Gasteiger partial charge in [0.05, 0.1) is 6.61 Å². The second-order valence-electron chi connectivity index (χ2n) is 3.84. The molecule has 18 heavy (non-hydrogen) atoms. The third kappa shape index (κ3) is 4.82. The molecule has 0 radical (unpaired) electrons. The van der Waals surface area contributed by atoms with Gasteiger partial charge in [-0.05, 0) is 6.92 Å². The van der Waals surface area contributed by atoms with Crippen molar-refractivity contribution < 1.29 is 40.2 Å². The summed E-state index contributed by atoms with van der Waals surface area (Å²) >= 11 is 0. The average Bonchev–Trinajstić information content (AvgIpc) is 2.34. The van der Waals surface area contributed by atoms with Crippen LogP contribution in [-0.2, 0) is 9.53 Å². The molecule has 9 heteroatoms. The van der Waals surface area contributed by atoms with E-state index in [4.69, 9.17) is 15.9 Å². The molecule has 0 aromatic carbocycles. The van der Waals surface area contributed by atoms with Crippen LogP contribution in [0.1, 0.15) is 6.92 Å². The number of ether oxygens (including phenoxy) is 1. The van der Waals surface area contributed by atoms with E-state index >= 15 is 0 Å². The highest BCUT2D eigenvalue weighted by molar-refractivity contribution is 5.75. The van der Waals surface area contributed by atoms with E-state index in [2.05, 4.69) is 4.74 Å². The van der Waals surface area contributed by atoms with Gasteiger partial charge >= 0.3 is 5.97 Å². The summed E-state index contributed by atoms with van der Waals surface area (Å²) in [5.74, 6) is -1.02. The minimum Gasteiger partial charge on any atom is -0.432 e. The standard InChI is InChI=1S/C9H19NO8/c1-3(10)8(16)18-9(17)7(15)6(14)5(13)4(12)2-11/h3-7,9,11-15,17H,2,10H2,1H3/t3-,4+,5+,6-,7-,9?/m0/s1. The molecule has 0 saturated carbocycles. The highest BCUT2D eigenvalue weighted by atomic mass is 16.6. The summed E-state index contributed by atoms with van der Waals surface area (Å²) in [5, 5.41) is 54.8. The van der Waals surface area contributed by atoms with Gasteiger partial charge in [-0.15, -0.1) is 0 Å². The van der Waals surface area contributed by atoms with Gasteiger partial charge in [0.25, 0.3) is 0 Å². The lowest BCUT2D eigenvalue weighted by Gasteiger charge is -2.28. The molecule has 0 aliphatic heterocycles. The quantitative estimate of drug-likeness (QED) is 0.178. The minimum atomic E-state index is -2.13. The van der Waals surface area contributed by atoms with E-state index in [-0.39, 0.29) is 0 Å². The number of hydrogen-bond donors (Lipinski definition) is 7. The first-order valence-corrected chi connectivity index (χ1v) is 5.19. The third-order valence-corrected chi connectivity index (χ3v) is 2.18. The number of nitrogens with two attached hydrogens (primary N) is 1. The maximum atomic E-state index is 11.0. The van der Waals surface area contributed by atoms with Crippen LogP contribution in [0.2, 0.25) is 0 Å². The Morgan fingerprint density at radius 1 is 1.11 bits per heavy atom. The highest BCUT2D eigenvalue weighted by Gasteiger charge is 2.36. The Hall–Kier alpha value is -0.810. The molecule has 0 aliphatic rings. The molecule has 0 saturated heterocycles. The van der Waals surface area contributed by atoms with E-state index in [1.54, 1.807) is 0 Å². The Labute approximate surface area is 103 Å². The van der Waals surface area contributed by atoms with Crippen LogP contribution >= 0.6 is 0 Å². The SMILES string of the molecule is C[C@H](N)C(=O)OC(O)[C@@H](O)[C@@H](O)[C@H](O)[C@H](O)CO. The van der Waals surface area contributed by atoms with Gasteiger partial charge in [0.1, 0.15) is 30.5 Å². The zero-order valence-corrected chi connectivity index (χ0v) is 9.75. The maximum absolute atomic E-state index is 11.0. The summed E-state index contributed by atoms with van der Waals surface area (Å²) in [4.78, 5) is 11.0. The molecular formula is C9H19NO8. The van der Waals surface area contributed by atoms with Crippen LogP contribution in [0.25, 0.3) is 0 Å². The summed E-state index contributed by atoms with van der Waals surface area (Å²) in [6.45, 7) is 0.420. The summed E-state index contributed by atoms with van der Waals surface area (Å²) in [7, 11) is 0. The van der Waals surface area contributed by atoms with Crippen LogP contribution in [0.4, 0.5) is 0 Å². The van der Waals surface area contributed by atoms with Crippen LogP contribution in [0, 0.1) is 0 Å². The fourth-order valence-corrected chi connectivity index (χ4v) is 1.00. The normalized spacial score (nSPS) is 21.6. The van der Waals surface area contributed by atoms with Gasteiger partial charge < -0.3 is 41.1 Å². The summed E-state index contributed by atoms with van der Waals surface area (Å²) in [6, 6.07) is -1.04. The number of rotatable bonds is 7. The van der Waals surface area contributed by atoms with Crippen molar-refractivity contribution in [3.05, 3.63) is 0 Å². The van der Waals surface area contributed by atoms with Crippen molar-refractivity contribution in [2.45, 2.75) is 43.7 Å². The van der Waals surface area contributed by atoms with E-state index in [0.29, 0.717) is 0 Å². The second-order valence-corrected chi connectivity index (χ2v) is 3.84. The van der Waals surface area contributed by atoms with Crippen molar-refractivity contribution >= 4 is 5.97 Å². The summed E-state index contributed by atoms with van der Waals surface area (Å²) in [5.41, 5.74) is 5.14. The Bertz CT molecular complexity index is 261. The lowest BCUT2D eigenvalue weighted by Crippen LogP contribution is -2.51. The molecule has 0 rings (SSSR count). The molecule has 0 heterocycles. The topological polar surface area (TPSA) is 174 Å². The highest BCUT2D eigenvalue weighted by Crippen LogP contribution is 2.09. The van der Waals surface area contributed by atoms with E-state index in [0.717, 1.165) is 0 Å². The summed E-state index contributed by atoms with van der Waals surface area (Å²) < 4.78 is 4.28. The smallest absolute Gasteiger partial charge is 0.325 e. The van der Waals surface area contributed by atoms with E-state index in [1.807, 2.05) is 0 Å². The number of carbonyl (C=O) groups excluding carboxylic acids is 1. The van der Waals surface area contributed by atoms with Crippen molar-refractivity contribution in [1.82, 2.24) is 0 Å². The monoisotopic (exact) mass is 269 g/mol. The molecule has 108 valence electrons. The van der Waals surface area contributed by atoms with Crippen LogP contribution < -0.4 is 5.73 Å². The first-order valence-electron chi connectivity index (χ1n) is 5.19. The van der Waals surface area contributed by atoms with Crippen molar-refractivity contribution in [3.8, 4) is 0 Å². The van der Waals surface area contributed by atoms with Crippen LogP contribution in [0.15, 0.2) is 0 Å². The van der Waals surface area contributed by atoms with Crippen LogP contribution in [-0.4, -0.2) is 80.0 Å². The van der Waals surface area contributed by atoms with Crippen molar-refractivity contribution in [1.29, 1.82) is 0 Å². The van der Waals surface area contributed by atoms with Gasteiger partial charge in [-0.3, -0.25) is 4.79 Å². The van der Waals surface area contributed by atoms with Gasteiger partial charge in [0, 0.05) is 0 Å². The first-order chi connectivity index (χ1) is 8.22. The zero-order chi connectivity index (χ0) is 14.5. The first kappa shape index (κ1) is 17.2. The maximum Gasteiger partial charge on any atom is 0.325 e. The molecule has 0 bridgehead atoms. The molecule has 0 aliphatic carbocycles. The molecule has 0 aromatic rings. The number of esters is 1. The molecule has 9 nitrogen and oxygen atoms in total. The largest absolute Gasteiger partial charge is 0.432 e. The number of aliphatic hydroxyl groups excluding tert-OH is 6. The average molecular weight is 269 g/mol. The van der Waals surface area contributed by atoms with Crippen molar-refractivity contribution in [3.63, 3.8) is 0 Å². The van der Waals surface area contributed by atoms with Crippen molar-refractivity contribution in [2.24, 2.45) is 5.73 Å². The molecule has 0 fully saturated rings. The Balaban J connectivity index is 4.44. The number of carbonyl (C=O) groups is 1. The van der Waals surface area contributed by atoms with Gasteiger partial charge in [0.2, 0.25) is 6.29 Å². The molecule has 6 atom stereocenters. The predicted octanol–water partition coefficient (Wildman–Crippen LogP) is -4.37. The zero-order valence-electron chi connectivity index (χ0n) is 9.75. The van der Waals surface area contributed by atoms with Gasteiger partial charge in [-0.2, -0.15) is 0 Å². The Morgan fingerprint density at radius 2 is 1.61 bits per heavy atom. The predicted molar refractivity (Wildman–Crippen MR) is 56.9 cm³/mol. The second kappa shape index (κ2) is 7.59. The minimum absolute atomic E-state index is 0.860.